The molecule has 136 valence electrons. The van der Waals surface area contributed by atoms with Crippen LogP contribution in [0.25, 0.3) is 0 Å². The monoisotopic (exact) mass is 341 g/mol. The third-order valence-electron chi connectivity index (χ3n) is 4.11. The quantitative estimate of drug-likeness (QED) is 0.418. The summed E-state index contributed by atoms with van der Waals surface area (Å²) < 4.78 is 2.05. The first kappa shape index (κ1) is 19.0. The Kier molecular flexibility index (Phi) is 8.02. The van der Waals surface area contributed by atoms with Gasteiger partial charge in [-0.3, -0.25) is 4.99 Å². The van der Waals surface area contributed by atoms with E-state index in [1.54, 1.807) is 6.20 Å². The lowest BCUT2D eigenvalue weighted by Gasteiger charge is -2.11. The van der Waals surface area contributed by atoms with Gasteiger partial charge in [0.25, 0.3) is 0 Å². The molecule has 25 heavy (non-hydrogen) atoms. The van der Waals surface area contributed by atoms with E-state index in [0.717, 1.165) is 45.0 Å². The van der Waals surface area contributed by atoms with Gasteiger partial charge in [0.15, 0.2) is 5.96 Å². The van der Waals surface area contributed by atoms with Crippen LogP contribution in [0.5, 0.6) is 0 Å². The van der Waals surface area contributed by atoms with Crippen LogP contribution in [0.2, 0.25) is 0 Å². The lowest BCUT2D eigenvalue weighted by molar-refractivity contribution is 0.661. The molecule has 0 unspecified atom stereocenters. The van der Waals surface area contributed by atoms with Gasteiger partial charge in [-0.1, -0.05) is 38.1 Å². The third-order valence-corrected chi connectivity index (χ3v) is 4.11. The Morgan fingerprint density at radius 3 is 2.64 bits per heavy atom. The molecule has 0 fully saturated rings. The molecule has 0 amide bonds. The number of aromatic nitrogens is 2. The van der Waals surface area contributed by atoms with Crippen molar-refractivity contribution >= 4 is 5.96 Å². The highest BCUT2D eigenvalue weighted by atomic mass is 15.2. The van der Waals surface area contributed by atoms with Gasteiger partial charge in [0, 0.05) is 38.6 Å². The number of hydrogen-bond acceptors (Lipinski definition) is 2. The van der Waals surface area contributed by atoms with E-state index < -0.39 is 0 Å². The van der Waals surface area contributed by atoms with Crippen LogP contribution in [0.3, 0.4) is 0 Å². The number of guanidine groups is 1. The summed E-state index contributed by atoms with van der Waals surface area (Å²) in [4.78, 5) is 8.71. The average Bonchev–Trinajstić information content (AvgIpc) is 3.12. The number of imidazole rings is 1. The Morgan fingerprint density at radius 1 is 1.20 bits per heavy atom. The molecule has 2 N–H and O–H groups in total. The van der Waals surface area contributed by atoms with Gasteiger partial charge in [0.05, 0.1) is 6.33 Å². The van der Waals surface area contributed by atoms with E-state index in [1.165, 1.54) is 11.1 Å². The first-order chi connectivity index (χ1) is 12.2. The van der Waals surface area contributed by atoms with Crippen molar-refractivity contribution < 1.29 is 0 Å². The largest absolute Gasteiger partial charge is 0.357 e. The average molecular weight is 342 g/mol. The van der Waals surface area contributed by atoms with Crippen LogP contribution in [0.15, 0.2) is 48.0 Å². The number of hydrogen-bond donors (Lipinski definition) is 2. The minimum absolute atomic E-state index is 0.592. The minimum atomic E-state index is 0.592. The Labute approximate surface area is 151 Å². The molecule has 1 heterocycles. The SMILES string of the molecule is CCNC(=NCCCc1ccc(C(C)C)cc1)NCCn1ccnc1. The van der Waals surface area contributed by atoms with Gasteiger partial charge in [-0.2, -0.15) is 0 Å². The highest BCUT2D eigenvalue weighted by Gasteiger charge is 2.00. The number of nitrogens with one attached hydrogen (secondary N) is 2. The standard InChI is InChI=1S/C20H31N5/c1-4-22-20(24-13-15-25-14-12-21-16-25)23-11-5-6-18-7-9-19(10-8-18)17(2)3/h7-10,12,14,16-17H,4-6,11,13,15H2,1-3H3,(H2,22,23,24). The van der Waals surface area contributed by atoms with Crippen LogP contribution < -0.4 is 10.6 Å². The molecule has 0 bridgehead atoms. The van der Waals surface area contributed by atoms with E-state index in [1.807, 2.05) is 12.5 Å². The molecule has 1 aromatic heterocycles. The third kappa shape index (κ3) is 6.99. The zero-order valence-corrected chi connectivity index (χ0v) is 15.7. The highest BCUT2D eigenvalue weighted by Crippen LogP contribution is 2.15. The normalized spacial score (nSPS) is 11.8. The van der Waals surface area contributed by atoms with E-state index in [9.17, 15) is 0 Å². The fourth-order valence-corrected chi connectivity index (χ4v) is 2.61. The van der Waals surface area contributed by atoms with Crippen molar-refractivity contribution in [3.63, 3.8) is 0 Å². The summed E-state index contributed by atoms with van der Waals surface area (Å²) in [5, 5.41) is 6.66. The zero-order valence-electron chi connectivity index (χ0n) is 15.7. The fraction of sp³-hybridized carbons (Fsp3) is 0.500. The second-order valence-corrected chi connectivity index (χ2v) is 6.49. The molecule has 0 radical (unpaired) electrons. The first-order valence-corrected chi connectivity index (χ1v) is 9.25. The molecule has 0 saturated carbocycles. The van der Waals surface area contributed by atoms with E-state index in [0.29, 0.717) is 5.92 Å². The minimum Gasteiger partial charge on any atom is -0.357 e. The Morgan fingerprint density at radius 2 is 2.00 bits per heavy atom. The van der Waals surface area contributed by atoms with Crippen molar-refractivity contribution in [1.29, 1.82) is 0 Å². The van der Waals surface area contributed by atoms with Crippen molar-refractivity contribution in [2.45, 2.75) is 46.1 Å². The molecular weight excluding hydrogens is 310 g/mol. The summed E-state index contributed by atoms with van der Waals surface area (Å²) in [6.07, 6.45) is 7.72. The topological polar surface area (TPSA) is 54.2 Å². The van der Waals surface area contributed by atoms with Crippen LogP contribution in [-0.2, 0) is 13.0 Å². The molecule has 0 aliphatic carbocycles. The lowest BCUT2D eigenvalue weighted by atomic mass is 10.0. The molecule has 2 rings (SSSR count). The van der Waals surface area contributed by atoms with Gasteiger partial charge in [-0.05, 0) is 36.8 Å². The molecule has 0 aliphatic rings. The maximum Gasteiger partial charge on any atom is 0.191 e. The van der Waals surface area contributed by atoms with Crippen molar-refractivity contribution in [1.82, 2.24) is 20.2 Å². The fourth-order valence-electron chi connectivity index (χ4n) is 2.61. The predicted molar refractivity (Wildman–Crippen MR) is 105 cm³/mol. The maximum absolute atomic E-state index is 4.66. The molecule has 0 aliphatic heterocycles. The summed E-state index contributed by atoms with van der Waals surface area (Å²) in [6.45, 7) is 9.95. The summed E-state index contributed by atoms with van der Waals surface area (Å²) in [5.41, 5.74) is 2.79. The van der Waals surface area contributed by atoms with Crippen LogP contribution in [0.4, 0.5) is 0 Å². The van der Waals surface area contributed by atoms with Crippen molar-refractivity contribution in [2.75, 3.05) is 19.6 Å². The van der Waals surface area contributed by atoms with Gasteiger partial charge < -0.3 is 15.2 Å². The Hall–Kier alpha value is -2.30. The molecule has 1 aromatic carbocycles. The summed E-state index contributed by atoms with van der Waals surface area (Å²) in [7, 11) is 0. The Bertz CT molecular complexity index is 614. The zero-order chi connectivity index (χ0) is 17.9. The number of benzene rings is 1. The highest BCUT2D eigenvalue weighted by molar-refractivity contribution is 5.79. The van der Waals surface area contributed by atoms with Crippen LogP contribution in [-0.4, -0.2) is 35.1 Å². The van der Waals surface area contributed by atoms with Crippen LogP contribution in [0.1, 0.15) is 44.2 Å². The smallest absolute Gasteiger partial charge is 0.191 e. The van der Waals surface area contributed by atoms with E-state index in [2.05, 4.69) is 70.2 Å². The van der Waals surface area contributed by atoms with Crippen molar-refractivity contribution in [2.24, 2.45) is 4.99 Å². The molecular formula is C20H31N5. The predicted octanol–water partition coefficient (Wildman–Crippen LogP) is 3.19. The summed E-state index contributed by atoms with van der Waals surface area (Å²) in [5.74, 6) is 1.48. The summed E-state index contributed by atoms with van der Waals surface area (Å²) >= 11 is 0. The van der Waals surface area contributed by atoms with Gasteiger partial charge in [0.1, 0.15) is 0 Å². The first-order valence-electron chi connectivity index (χ1n) is 9.25. The van der Waals surface area contributed by atoms with E-state index >= 15 is 0 Å². The van der Waals surface area contributed by atoms with Crippen LogP contribution in [0, 0.1) is 0 Å². The number of rotatable bonds is 9. The van der Waals surface area contributed by atoms with Gasteiger partial charge in [-0.25, -0.2) is 4.98 Å². The van der Waals surface area contributed by atoms with Crippen molar-refractivity contribution in [3.8, 4) is 0 Å². The van der Waals surface area contributed by atoms with E-state index in [4.69, 9.17) is 0 Å². The molecule has 5 heteroatoms. The number of aliphatic imine (C=N–C) groups is 1. The van der Waals surface area contributed by atoms with Crippen LogP contribution >= 0.6 is 0 Å². The molecule has 5 nitrogen and oxygen atoms in total. The molecule has 2 aromatic rings. The number of aryl methyl sites for hydroxylation is 1. The maximum atomic E-state index is 4.66. The van der Waals surface area contributed by atoms with E-state index in [-0.39, 0.29) is 0 Å². The second kappa shape index (κ2) is 10.5. The van der Waals surface area contributed by atoms with Gasteiger partial charge >= 0.3 is 0 Å². The molecule has 0 atom stereocenters. The molecule has 0 spiro atoms. The Balaban J connectivity index is 1.72. The molecule has 0 saturated heterocycles. The lowest BCUT2D eigenvalue weighted by Crippen LogP contribution is -2.38. The van der Waals surface area contributed by atoms with Gasteiger partial charge in [0.2, 0.25) is 0 Å². The second-order valence-electron chi connectivity index (χ2n) is 6.49. The number of nitrogens with zero attached hydrogens (tertiary/aromatic N) is 3. The summed E-state index contributed by atoms with van der Waals surface area (Å²) in [6, 6.07) is 8.97. The van der Waals surface area contributed by atoms with Gasteiger partial charge in [-0.15, -0.1) is 0 Å². The van der Waals surface area contributed by atoms with Crippen molar-refractivity contribution in [3.05, 3.63) is 54.1 Å².